The molecule has 1 aliphatic rings. The van der Waals surface area contributed by atoms with Gasteiger partial charge in [0.1, 0.15) is 5.78 Å². The van der Waals surface area contributed by atoms with Crippen LogP contribution in [0.4, 0.5) is 0 Å². The van der Waals surface area contributed by atoms with Crippen molar-refractivity contribution in [3.8, 4) is 0 Å². The van der Waals surface area contributed by atoms with E-state index in [-0.39, 0.29) is 5.92 Å². The number of rotatable bonds is 3. The topological polar surface area (TPSA) is 26.3 Å². The first kappa shape index (κ1) is 9.72. The summed E-state index contributed by atoms with van der Waals surface area (Å²) in [6, 6.07) is 0. The second kappa shape index (κ2) is 4.61. The van der Waals surface area contributed by atoms with Gasteiger partial charge in [-0.2, -0.15) is 0 Å². The van der Waals surface area contributed by atoms with Gasteiger partial charge in [-0.25, -0.2) is 0 Å². The molecule has 2 nitrogen and oxygen atoms in total. The zero-order valence-corrected chi connectivity index (χ0v) is 8.01. The van der Waals surface area contributed by atoms with Crippen molar-refractivity contribution < 1.29 is 9.53 Å². The number of ether oxygens (including phenoxy) is 1. The molecule has 1 saturated carbocycles. The van der Waals surface area contributed by atoms with Crippen molar-refractivity contribution in [2.45, 2.75) is 32.6 Å². The van der Waals surface area contributed by atoms with Gasteiger partial charge < -0.3 is 4.74 Å². The molecule has 1 fully saturated rings. The van der Waals surface area contributed by atoms with E-state index in [1.807, 2.05) is 0 Å². The van der Waals surface area contributed by atoms with Crippen LogP contribution < -0.4 is 0 Å². The van der Waals surface area contributed by atoms with Crippen LogP contribution in [0.1, 0.15) is 32.6 Å². The predicted molar refractivity (Wildman–Crippen MR) is 48.0 cm³/mol. The minimum atomic E-state index is 0.286. The molecule has 1 rings (SSSR count). The molecule has 2 heteroatoms. The van der Waals surface area contributed by atoms with Gasteiger partial charge in [-0.3, -0.25) is 4.79 Å². The predicted octanol–water partition coefficient (Wildman–Crippen LogP) is 2.03. The van der Waals surface area contributed by atoms with E-state index in [9.17, 15) is 4.79 Å². The highest BCUT2D eigenvalue weighted by Gasteiger charge is 2.25. The van der Waals surface area contributed by atoms with Crippen molar-refractivity contribution in [3.05, 3.63) is 0 Å². The summed E-state index contributed by atoms with van der Waals surface area (Å²) in [7, 11) is 1.69. The third-order valence-corrected chi connectivity index (χ3v) is 2.70. The Kier molecular flexibility index (Phi) is 3.73. The molecule has 1 aliphatic carbocycles. The summed E-state index contributed by atoms with van der Waals surface area (Å²) in [5, 5.41) is 0. The molecular weight excluding hydrogens is 152 g/mol. The average Bonchev–Trinajstić information content (AvgIpc) is 2.07. The molecule has 0 heterocycles. The van der Waals surface area contributed by atoms with Crippen LogP contribution in [0.15, 0.2) is 0 Å². The van der Waals surface area contributed by atoms with Gasteiger partial charge >= 0.3 is 0 Å². The minimum absolute atomic E-state index is 0.286. The lowest BCUT2D eigenvalue weighted by Crippen LogP contribution is -2.24. The van der Waals surface area contributed by atoms with Gasteiger partial charge in [-0.1, -0.05) is 6.92 Å². The molecule has 0 saturated heterocycles. The fourth-order valence-corrected chi connectivity index (χ4v) is 1.87. The van der Waals surface area contributed by atoms with E-state index in [1.165, 1.54) is 0 Å². The van der Waals surface area contributed by atoms with Crippen molar-refractivity contribution in [1.82, 2.24) is 0 Å². The van der Waals surface area contributed by atoms with Crippen molar-refractivity contribution >= 4 is 5.78 Å². The molecule has 0 aromatic heterocycles. The van der Waals surface area contributed by atoms with Gasteiger partial charge in [0, 0.05) is 26.1 Å². The molecule has 0 aromatic rings. The Balaban J connectivity index is 2.33. The van der Waals surface area contributed by atoms with Crippen LogP contribution in [0, 0.1) is 11.8 Å². The Labute approximate surface area is 74.3 Å². The maximum absolute atomic E-state index is 11.4. The number of carbonyl (C=O) groups excluding carboxylic acids is 1. The lowest BCUT2D eigenvalue weighted by Gasteiger charge is -2.25. The molecule has 0 spiro atoms. The van der Waals surface area contributed by atoms with E-state index in [0.717, 1.165) is 38.2 Å². The van der Waals surface area contributed by atoms with Crippen LogP contribution in [0.2, 0.25) is 0 Å². The highest BCUT2D eigenvalue weighted by Crippen LogP contribution is 2.27. The molecule has 2 atom stereocenters. The Morgan fingerprint density at radius 3 is 3.00 bits per heavy atom. The standard InChI is InChI=1S/C10H18O2/c1-8-3-4-10(11)9(7-8)5-6-12-2/h8-9H,3-7H2,1-2H3. The first-order valence-electron chi connectivity index (χ1n) is 4.75. The molecule has 2 unspecified atom stereocenters. The van der Waals surface area contributed by atoms with E-state index >= 15 is 0 Å². The summed E-state index contributed by atoms with van der Waals surface area (Å²) in [5.74, 6) is 1.46. The molecule has 0 N–H and O–H groups in total. The zero-order valence-electron chi connectivity index (χ0n) is 8.01. The van der Waals surface area contributed by atoms with Crippen molar-refractivity contribution in [3.63, 3.8) is 0 Å². The fourth-order valence-electron chi connectivity index (χ4n) is 1.87. The van der Waals surface area contributed by atoms with E-state index < -0.39 is 0 Å². The highest BCUT2D eigenvalue weighted by atomic mass is 16.5. The van der Waals surface area contributed by atoms with Crippen LogP contribution in [0.3, 0.4) is 0 Å². The van der Waals surface area contributed by atoms with Crippen LogP contribution in [-0.4, -0.2) is 19.5 Å². The number of ketones is 1. The van der Waals surface area contributed by atoms with Gasteiger partial charge in [0.15, 0.2) is 0 Å². The van der Waals surface area contributed by atoms with Gasteiger partial charge in [0.25, 0.3) is 0 Å². The second-order valence-electron chi connectivity index (χ2n) is 3.82. The molecule has 70 valence electrons. The molecule has 0 bridgehead atoms. The van der Waals surface area contributed by atoms with Gasteiger partial charge in [-0.05, 0) is 25.2 Å². The third-order valence-electron chi connectivity index (χ3n) is 2.70. The summed E-state index contributed by atoms with van der Waals surface area (Å²) in [6.07, 6.45) is 3.86. The van der Waals surface area contributed by atoms with Crippen molar-refractivity contribution in [2.75, 3.05) is 13.7 Å². The first-order valence-corrected chi connectivity index (χ1v) is 4.75. The number of hydrogen-bond acceptors (Lipinski definition) is 2. The second-order valence-corrected chi connectivity index (χ2v) is 3.82. The third kappa shape index (κ3) is 2.59. The van der Waals surface area contributed by atoms with Crippen LogP contribution >= 0.6 is 0 Å². The van der Waals surface area contributed by atoms with E-state index in [0.29, 0.717) is 5.78 Å². The van der Waals surface area contributed by atoms with E-state index in [1.54, 1.807) is 7.11 Å². The summed E-state index contributed by atoms with van der Waals surface area (Å²) in [4.78, 5) is 11.4. The molecular formula is C10H18O2. The zero-order chi connectivity index (χ0) is 8.97. The number of carbonyl (C=O) groups is 1. The normalized spacial score (nSPS) is 30.7. The lowest BCUT2D eigenvalue weighted by molar-refractivity contribution is -0.126. The first-order chi connectivity index (χ1) is 5.74. The summed E-state index contributed by atoms with van der Waals surface area (Å²) < 4.78 is 4.98. The average molecular weight is 170 g/mol. The number of hydrogen-bond donors (Lipinski definition) is 0. The Hall–Kier alpha value is -0.370. The monoisotopic (exact) mass is 170 g/mol. The van der Waals surface area contributed by atoms with Gasteiger partial charge in [0.2, 0.25) is 0 Å². The Morgan fingerprint density at radius 2 is 2.33 bits per heavy atom. The minimum Gasteiger partial charge on any atom is -0.385 e. The molecule has 0 radical (unpaired) electrons. The molecule has 0 aliphatic heterocycles. The smallest absolute Gasteiger partial charge is 0.136 e. The largest absolute Gasteiger partial charge is 0.385 e. The van der Waals surface area contributed by atoms with E-state index in [2.05, 4.69) is 6.92 Å². The van der Waals surface area contributed by atoms with Crippen LogP contribution in [0.5, 0.6) is 0 Å². The number of Topliss-reactive ketones (excluding diaryl/α,β-unsaturated/α-hetero) is 1. The van der Waals surface area contributed by atoms with Gasteiger partial charge in [-0.15, -0.1) is 0 Å². The van der Waals surface area contributed by atoms with Crippen LogP contribution in [0.25, 0.3) is 0 Å². The van der Waals surface area contributed by atoms with Crippen LogP contribution in [-0.2, 0) is 9.53 Å². The van der Waals surface area contributed by atoms with E-state index in [4.69, 9.17) is 4.74 Å². The fraction of sp³-hybridized carbons (Fsp3) is 0.900. The highest BCUT2D eigenvalue weighted by molar-refractivity contribution is 5.81. The molecule has 0 amide bonds. The Morgan fingerprint density at radius 1 is 1.58 bits per heavy atom. The van der Waals surface area contributed by atoms with Gasteiger partial charge in [0.05, 0.1) is 0 Å². The maximum atomic E-state index is 11.4. The summed E-state index contributed by atoms with van der Waals surface area (Å²) in [6.45, 7) is 2.95. The SMILES string of the molecule is COCCC1CC(C)CCC1=O. The summed E-state index contributed by atoms with van der Waals surface area (Å²) >= 11 is 0. The van der Waals surface area contributed by atoms with Crippen molar-refractivity contribution in [2.24, 2.45) is 11.8 Å². The number of methoxy groups -OCH3 is 1. The molecule has 0 aromatic carbocycles. The Bertz CT molecular complexity index is 154. The summed E-state index contributed by atoms with van der Waals surface area (Å²) in [5.41, 5.74) is 0. The molecule has 12 heavy (non-hydrogen) atoms. The quantitative estimate of drug-likeness (QED) is 0.647. The maximum Gasteiger partial charge on any atom is 0.136 e. The lowest BCUT2D eigenvalue weighted by atomic mass is 9.80. The van der Waals surface area contributed by atoms with Crippen molar-refractivity contribution in [1.29, 1.82) is 0 Å².